The van der Waals surface area contributed by atoms with Crippen molar-refractivity contribution in [2.24, 2.45) is 0 Å². The highest BCUT2D eigenvalue weighted by Gasteiger charge is 2.16. The molecule has 1 heterocycles. The number of rotatable bonds is 7. The molecule has 0 spiro atoms. The Morgan fingerprint density at radius 2 is 1.97 bits per heavy atom. The van der Waals surface area contributed by atoms with E-state index < -0.39 is 4.92 Å². The first kappa shape index (κ1) is 21.0. The summed E-state index contributed by atoms with van der Waals surface area (Å²) in [5.74, 6) is 0.576. The number of nitrogens with zero attached hydrogens (tertiary/aromatic N) is 4. The fourth-order valence-electron chi connectivity index (χ4n) is 2.67. The lowest BCUT2D eigenvalue weighted by molar-refractivity contribution is -0.384. The maximum atomic E-state index is 12.4. The van der Waals surface area contributed by atoms with Gasteiger partial charge in [0.15, 0.2) is 11.0 Å². The smallest absolute Gasteiger partial charge is 0.271 e. The molecule has 1 aromatic heterocycles. The average molecular weight is 476 g/mol. The first-order chi connectivity index (χ1) is 13.9. The van der Waals surface area contributed by atoms with Crippen molar-refractivity contribution in [2.45, 2.75) is 25.5 Å². The van der Waals surface area contributed by atoms with Crippen LogP contribution < -0.4 is 5.32 Å². The number of halogens is 1. The molecule has 2 aromatic carbocycles. The van der Waals surface area contributed by atoms with Crippen LogP contribution in [-0.2, 0) is 11.3 Å². The molecule has 0 atom stereocenters. The van der Waals surface area contributed by atoms with Gasteiger partial charge in [0.1, 0.15) is 0 Å². The number of aryl methyl sites for hydroxylation is 1. The quantitative estimate of drug-likeness (QED) is 0.302. The highest BCUT2D eigenvalue weighted by Crippen LogP contribution is 2.26. The van der Waals surface area contributed by atoms with Crippen LogP contribution in [0.25, 0.3) is 11.4 Å². The van der Waals surface area contributed by atoms with E-state index in [4.69, 9.17) is 0 Å². The monoisotopic (exact) mass is 475 g/mol. The predicted molar refractivity (Wildman–Crippen MR) is 116 cm³/mol. The van der Waals surface area contributed by atoms with E-state index in [0.717, 1.165) is 21.4 Å². The van der Waals surface area contributed by atoms with Gasteiger partial charge in [-0.3, -0.25) is 14.9 Å². The minimum atomic E-state index is -0.489. The zero-order valence-electron chi connectivity index (χ0n) is 15.8. The van der Waals surface area contributed by atoms with E-state index in [0.29, 0.717) is 17.4 Å². The van der Waals surface area contributed by atoms with Gasteiger partial charge in [0.2, 0.25) is 5.91 Å². The highest BCUT2D eigenvalue weighted by molar-refractivity contribution is 9.10. The molecule has 0 bridgehead atoms. The van der Waals surface area contributed by atoms with Gasteiger partial charge in [0.05, 0.1) is 16.4 Å². The summed E-state index contributed by atoms with van der Waals surface area (Å²) in [5.41, 5.74) is 2.05. The Hall–Kier alpha value is -2.72. The minimum absolute atomic E-state index is 0.0663. The molecule has 0 unspecified atom stereocenters. The van der Waals surface area contributed by atoms with Gasteiger partial charge in [-0.25, -0.2) is 0 Å². The summed E-state index contributed by atoms with van der Waals surface area (Å²) < 4.78 is 2.92. The maximum absolute atomic E-state index is 12.4. The van der Waals surface area contributed by atoms with Crippen LogP contribution in [0.1, 0.15) is 12.5 Å². The third-order valence-electron chi connectivity index (χ3n) is 4.17. The van der Waals surface area contributed by atoms with Crippen molar-refractivity contribution in [1.29, 1.82) is 0 Å². The molecule has 0 aliphatic heterocycles. The number of amides is 1. The van der Waals surface area contributed by atoms with E-state index in [2.05, 4.69) is 31.4 Å². The van der Waals surface area contributed by atoms with Gasteiger partial charge in [0.25, 0.3) is 5.69 Å². The number of hydrogen-bond acceptors (Lipinski definition) is 6. The van der Waals surface area contributed by atoms with Crippen LogP contribution in [0, 0.1) is 17.0 Å². The fraction of sp³-hybridized carbons (Fsp3) is 0.211. The summed E-state index contributed by atoms with van der Waals surface area (Å²) in [6, 6.07) is 12.2. The van der Waals surface area contributed by atoms with Gasteiger partial charge in [-0.05, 0) is 31.5 Å². The molecular formula is C19H18BrN5O3S. The first-order valence-corrected chi connectivity index (χ1v) is 10.5. The molecule has 29 heavy (non-hydrogen) atoms. The van der Waals surface area contributed by atoms with Crippen molar-refractivity contribution >= 4 is 45.0 Å². The third-order valence-corrected chi connectivity index (χ3v) is 5.67. The Morgan fingerprint density at radius 3 is 2.62 bits per heavy atom. The number of carbonyl (C=O) groups excluding carboxylic acids is 1. The zero-order chi connectivity index (χ0) is 21.0. The third kappa shape index (κ3) is 5.01. The van der Waals surface area contributed by atoms with E-state index in [9.17, 15) is 14.9 Å². The Balaban J connectivity index is 1.70. The SMILES string of the molecule is CCn1c(SCC(=O)Nc2cc([N+](=O)[O-])ccc2C)nnc1-c1ccc(Br)cc1. The lowest BCUT2D eigenvalue weighted by Crippen LogP contribution is -2.15. The molecule has 0 aliphatic rings. The Kier molecular flexibility index (Phi) is 6.65. The maximum Gasteiger partial charge on any atom is 0.271 e. The molecule has 0 saturated heterocycles. The van der Waals surface area contributed by atoms with Crippen molar-refractivity contribution < 1.29 is 9.72 Å². The second kappa shape index (κ2) is 9.19. The standard InChI is InChI=1S/C19H18BrN5O3S/c1-3-24-18(13-5-7-14(20)8-6-13)22-23-19(24)29-11-17(26)21-16-10-15(25(27)28)9-4-12(16)2/h4-10H,3,11H2,1-2H3,(H,21,26). The summed E-state index contributed by atoms with van der Waals surface area (Å²) in [7, 11) is 0. The zero-order valence-corrected chi connectivity index (χ0v) is 18.2. The summed E-state index contributed by atoms with van der Waals surface area (Å²) in [5, 5.41) is 22.8. The molecule has 0 fully saturated rings. The van der Waals surface area contributed by atoms with Crippen molar-refractivity contribution in [3.63, 3.8) is 0 Å². The van der Waals surface area contributed by atoms with Crippen LogP contribution in [0.2, 0.25) is 0 Å². The van der Waals surface area contributed by atoms with Crippen molar-refractivity contribution in [2.75, 3.05) is 11.1 Å². The van der Waals surface area contributed by atoms with E-state index in [1.54, 1.807) is 13.0 Å². The van der Waals surface area contributed by atoms with E-state index in [1.165, 1.54) is 23.9 Å². The number of hydrogen-bond donors (Lipinski definition) is 1. The van der Waals surface area contributed by atoms with Crippen LogP contribution in [0.15, 0.2) is 52.1 Å². The first-order valence-electron chi connectivity index (χ1n) is 8.76. The molecule has 0 aliphatic carbocycles. The second-order valence-electron chi connectivity index (χ2n) is 6.15. The van der Waals surface area contributed by atoms with Crippen LogP contribution in [0.5, 0.6) is 0 Å². The minimum Gasteiger partial charge on any atom is -0.325 e. The van der Waals surface area contributed by atoms with Crippen LogP contribution in [0.4, 0.5) is 11.4 Å². The molecular weight excluding hydrogens is 458 g/mol. The molecule has 10 heteroatoms. The molecule has 3 aromatic rings. The van der Waals surface area contributed by atoms with Crippen molar-refractivity contribution in [3.05, 3.63) is 62.6 Å². The molecule has 3 rings (SSSR count). The lowest BCUT2D eigenvalue weighted by atomic mass is 10.2. The Morgan fingerprint density at radius 1 is 1.24 bits per heavy atom. The number of aromatic nitrogens is 3. The lowest BCUT2D eigenvalue weighted by Gasteiger charge is -2.09. The van der Waals surface area contributed by atoms with Gasteiger partial charge in [-0.1, -0.05) is 45.9 Å². The molecule has 8 nitrogen and oxygen atoms in total. The van der Waals surface area contributed by atoms with Gasteiger partial charge in [0, 0.05) is 28.7 Å². The van der Waals surface area contributed by atoms with Gasteiger partial charge < -0.3 is 9.88 Å². The second-order valence-corrected chi connectivity index (χ2v) is 8.01. The highest BCUT2D eigenvalue weighted by atomic mass is 79.9. The number of non-ortho nitro benzene ring substituents is 1. The van der Waals surface area contributed by atoms with Gasteiger partial charge in [-0.15, -0.1) is 10.2 Å². The molecule has 0 saturated carbocycles. The number of carbonyl (C=O) groups is 1. The summed E-state index contributed by atoms with van der Waals surface area (Å²) in [6.07, 6.45) is 0. The Bertz CT molecular complexity index is 1050. The molecule has 0 radical (unpaired) electrons. The van der Waals surface area contributed by atoms with E-state index >= 15 is 0 Å². The number of nitro groups is 1. The van der Waals surface area contributed by atoms with Gasteiger partial charge in [-0.2, -0.15) is 0 Å². The number of benzene rings is 2. The molecule has 150 valence electrons. The predicted octanol–water partition coefficient (Wildman–Crippen LogP) is 4.67. The molecule has 1 N–H and O–H groups in total. The van der Waals surface area contributed by atoms with E-state index in [-0.39, 0.29) is 17.3 Å². The van der Waals surface area contributed by atoms with Crippen LogP contribution >= 0.6 is 27.7 Å². The van der Waals surface area contributed by atoms with Crippen molar-refractivity contribution in [1.82, 2.24) is 14.8 Å². The summed E-state index contributed by atoms with van der Waals surface area (Å²) in [4.78, 5) is 22.8. The van der Waals surface area contributed by atoms with Crippen LogP contribution in [0.3, 0.4) is 0 Å². The summed E-state index contributed by atoms with van der Waals surface area (Å²) >= 11 is 4.68. The van der Waals surface area contributed by atoms with Crippen molar-refractivity contribution in [3.8, 4) is 11.4 Å². The van der Waals surface area contributed by atoms with E-state index in [1.807, 2.05) is 35.8 Å². The number of nitro benzene ring substituents is 1. The number of anilines is 1. The van der Waals surface area contributed by atoms with Crippen LogP contribution in [-0.4, -0.2) is 31.3 Å². The molecule has 1 amide bonds. The summed E-state index contributed by atoms with van der Waals surface area (Å²) in [6.45, 7) is 4.43. The normalized spacial score (nSPS) is 10.7. The number of nitrogens with one attached hydrogen (secondary N) is 1. The fourth-order valence-corrected chi connectivity index (χ4v) is 3.73. The average Bonchev–Trinajstić information content (AvgIpc) is 3.11. The van der Waals surface area contributed by atoms with Gasteiger partial charge >= 0.3 is 0 Å². The Labute approximate surface area is 180 Å². The largest absolute Gasteiger partial charge is 0.325 e. The topological polar surface area (TPSA) is 103 Å². The number of thioether (sulfide) groups is 1.